The van der Waals surface area contributed by atoms with Crippen molar-refractivity contribution in [3.63, 3.8) is 0 Å². The van der Waals surface area contributed by atoms with E-state index in [1.54, 1.807) is 34.4 Å². The molecule has 0 spiro atoms. The van der Waals surface area contributed by atoms with Gasteiger partial charge in [0.05, 0.1) is 16.4 Å². The summed E-state index contributed by atoms with van der Waals surface area (Å²) in [5, 5.41) is 6.86. The predicted octanol–water partition coefficient (Wildman–Crippen LogP) is 3.66. The number of aryl methyl sites for hydroxylation is 3. The summed E-state index contributed by atoms with van der Waals surface area (Å²) < 4.78 is 0. The zero-order valence-electron chi connectivity index (χ0n) is 11.8. The normalized spacial score (nSPS) is 13.4. The topological polar surface area (TPSA) is 54.9 Å². The number of nitrogens with one attached hydrogen (secondary N) is 1. The van der Waals surface area contributed by atoms with Crippen LogP contribution >= 0.6 is 34.4 Å². The Kier molecular flexibility index (Phi) is 4.92. The van der Waals surface area contributed by atoms with Crippen LogP contribution in [0.4, 0.5) is 5.13 Å². The molecule has 1 aliphatic rings. The molecule has 21 heavy (non-hydrogen) atoms. The van der Waals surface area contributed by atoms with Gasteiger partial charge in [-0.05, 0) is 26.2 Å². The molecule has 4 nitrogen and oxygen atoms in total. The van der Waals surface area contributed by atoms with Gasteiger partial charge in [-0.3, -0.25) is 4.79 Å². The monoisotopic (exact) mass is 339 g/mol. The Morgan fingerprint density at radius 3 is 3.10 bits per heavy atom. The SMILES string of the molecule is Cc1nc(CSCCC(=O)Nc2nc3c(s2)CCC3)cs1. The third kappa shape index (κ3) is 4.05. The predicted molar refractivity (Wildman–Crippen MR) is 90.4 cm³/mol. The number of hydrogen-bond acceptors (Lipinski definition) is 6. The number of fused-ring (bicyclic) bond motifs is 1. The van der Waals surface area contributed by atoms with Crippen molar-refractivity contribution in [1.82, 2.24) is 9.97 Å². The van der Waals surface area contributed by atoms with Gasteiger partial charge in [0.2, 0.25) is 5.91 Å². The standard InChI is InChI=1S/C14H17N3OS3/c1-9-15-10(8-20-9)7-19-6-5-13(18)17-14-16-11-3-2-4-12(11)21-14/h8H,2-7H2,1H3,(H,16,17,18). The molecule has 0 bridgehead atoms. The van der Waals surface area contributed by atoms with Crippen molar-refractivity contribution in [2.45, 2.75) is 38.4 Å². The molecule has 0 saturated carbocycles. The molecule has 0 unspecified atom stereocenters. The van der Waals surface area contributed by atoms with E-state index in [1.165, 1.54) is 17.0 Å². The highest BCUT2D eigenvalue weighted by Gasteiger charge is 2.17. The first kappa shape index (κ1) is 15.0. The van der Waals surface area contributed by atoms with Crippen molar-refractivity contribution < 1.29 is 4.79 Å². The summed E-state index contributed by atoms with van der Waals surface area (Å²) in [5.74, 6) is 1.75. The van der Waals surface area contributed by atoms with E-state index in [-0.39, 0.29) is 5.91 Å². The minimum atomic E-state index is 0.0596. The zero-order valence-corrected chi connectivity index (χ0v) is 14.3. The van der Waals surface area contributed by atoms with Crippen LogP contribution in [0.15, 0.2) is 5.38 Å². The first-order valence-corrected chi connectivity index (χ1v) is 9.83. The van der Waals surface area contributed by atoms with Gasteiger partial charge < -0.3 is 5.32 Å². The number of thioether (sulfide) groups is 1. The van der Waals surface area contributed by atoms with Crippen LogP contribution in [0.5, 0.6) is 0 Å². The van der Waals surface area contributed by atoms with Crippen molar-refractivity contribution in [3.8, 4) is 0 Å². The molecule has 2 aromatic heterocycles. The number of carbonyl (C=O) groups is 1. The summed E-state index contributed by atoms with van der Waals surface area (Å²) in [6.45, 7) is 2.01. The molecule has 7 heteroatoms. The van der Waals surface area contributed by atoms with Crippen molar-refractivity contribution >= 4 is 45.5 Å². The lowest BCUT2D eigenvalue weighted by Gasteiger charge is -2.01. The van der Waals surface area contributed by atoms with E-state index in [2.05, 4.69) is 20.7 Å². The van der Waals surface area contributed by atoms with Gasteiger partial charge in [0.15, 0.2) is 5.13 Å². The van der Waals surface area contributed by atoms with Gasteiger partial charge in [-0.1, -0.05) is 0 Å². The fraction of sp³-hybridized carbons (Fsp3) is 0.500. The maximum Gasteiger partial charge on any atom is 0.226 e. The molecule has 0 fully saturated rings. The largest absolute Gasteiger partial charge is 0.302 e. The smallest absolute Gasteiger partial charge is 0.226 e. The fourth-order valence-electron chi connectivity index (χ4n) is 2.24. The molecule has 0 radical (unpaired) electrons. The van der Waals surface area contributed by atoms with Gasteiger partial charge in [0, 0.05) is 28.2 Å². The Labute approximate surface area is 136 Å². The minimum absolute atomic E-state index is 0.0596. The maximum absolute atomic E-state index is 11.9. The second-order valence-electron chi connectivity index (χ2n) is 4.95. The Morgan fingerprint density at radius 2 is 2.33 bits per heavy atom. The van der Waals surface area contributed by atoms with E-state index in [0.29, 0.717) is 6.42 Å². The number of anilines is 1. The van der Waals surface area contributed by atoms with Gasteiger partial charge in [-0.25, -0.2) is 9.97 Å². The Hall–Kier alpha value is -0.920. The summed E-state index contributed by atoms with van der Waals surface area (Å²) >= 11 is 5.05. The zero-order chi connectivity index (χ0) is 14.7. The molecule has 112 valence electrons. The Balaban J connectivity index is 1.38. The van der Waals surface area contributed by atoms with E-state index in [0.717, 1.165) is 40.2 Å². The number of hydrogen-bond donors (Lipinski definition) is 1. The van der Waals surface area contributed by atoms with Crippen LogP contribution in [0.1, 0.15) is 34.1 Å². The van der Waals surface area contributed by atoms with Crippen LogP contribution in [0, 0.1) is 6.92 Å². The van der Waals surface area contributed by atoms with E-state index in [4.69, 9.17) is 0 Å². The van der Waals surface area contributed by atoms with Crippen LogP contribution < -0.4 is 5.32 Å². The lowest BCUT2D eigenvalue weighted by atomic mass is 10.4. The van der Waals surface area contributed by atoms with Crippen molar-refractivity contribution in [3.05, 3.63) is 26.7 Å². The van der Waals surface area contributed by atoms with Crippen LogP contribution in [0.3, 0.4) is 0 Å². The molecule has 1 amide bonds. The number of aromatic nitrogens is 2. The second-order valence-corrected chi connectivity index (χ2v) is 8.20. The van der Waals surface area contributed by atoms with Crippen molar-refractivity contribution in [2.24, 2.45) is 0 Å². The number of amides is 1. The van der Waals surface area contributed by atoms with Crippen molar-refractivity contribution in [1.29, 1.82) is 0 Å². The first-order chi connectivity index (χ1) is 10.2. The van der Waals surface area contributed by atoms with Crippen LogP contribution in [-0.4, -0.2) is 21.6 Å². The highest BCUT2D eigenvalue weighted by atomic mass is 32.2. The molecular weight excluding hydrogens is 322 g/mol. The molecule has 2 aromatic rings. The lowest BCUT2D eigenvalue weighted by molar-refractivity contribution is -0.115. The van der Waals surface area contributed by atoms with Gasteiger partial charge in [-0.2, -0.15) is 11.8 Å². The summed E-state index contributed by atoms with van der Waals surface area (Å²) in [5.41, 5.74) is 2.29. The molecular formula is C14H17N3OS3. The maximum atomic E-state index is 11.9. The van der Waals surface area contributed by atoms with Gasteiger partial charge >= 0.3 is 0 Å². The first-order valence-electron chi connectivity index (χ1n) is 6.98. The summed E-state index contributed by atoms with van der Waals surface area (Å²) in [6, 6.07) is 0. The Morgan fingerprint density at radius 1 is 1.43 bits per heavy atom. The van der Waals surface area contributed by atoms with Gasteiger partial charge in [0.25, 0.3) is 0 Å². The second kappa shape index (κ2) is 6.89. The van der Waals surface area contributed by atoms with Gasteiger partial charge in [-0.15, -0.1) is 22.7 Å². The molecule has 0 aromatic carbocycles. The summed E-state index contributed by atoms with van der Waals surface area (Å²) in [7, 11) is 0. The van der Waals surface area contributed by atoms with E-state index >= 15 is 0 Å². The average molecular weight is 340 g/mol. The third-order valence-corrected chi connectivity index (χ3v) is 6.12. The van der Waals surface area contributed by atoms with Gasteiger partial charge in [0.1, 0.15) is 0 Å². The summed E-state index contributed by atoms with van der Waals surface area (Å²) in [6.07, 6.45) is 3.91. The van der Waals surface area contributed by atoms with Crippen molar-refractivity contribution in [2.75, 3.05) is 11.1 Å². The third-order valence-electron chi connectivity index (χ3n) is 3.23. The molecule has 0 saturated heterocycles. The summed E-state index contributed by atoms with van der Waals surface area (Å²) in [4.78, 5) is 22.1. The number of nitrogens with zero attached hydrogens (tertiary/aromatic N) is 2. The van der Waals surface area contributed by atoms with Crippen LogP contribution in [-0.2, 0) is 23.4 Å². The number of rotatable bonds is 6. The quantitative estimate of drug-likeness (QED) is 0.816. The van der Waals surface area contributed by atoms with Crippen LogP contribution in [0.2, 0.25) is 0 Å². The Bertz CT molecular complexity index is 614. The van der Waals surface area contributed by atoms with E-state index in [1.807, 2.05) is 6.92 Å². The van der Waals surface area contributed by atoms with E-state index < -0.39 is 0 Å². The lowest BCUT2D eigenvalue weighted by Crippen LogP contribution is -2.12. The molecule has 1 N–H and O–H groups in total. The molecule has 0 atom stereocenters. The fourth-order valence-corrected chi connectivity index (χ4v) is 4.86. The highest BCUT2D eigenvalue weighted by Crippen LogP contribution is 2.30. The highest BCUT2D eigenvalue weighted by molar-refractivity contribution is 7.98. The number of thiazole rings is 2. The number of carbonyl (C=O) groups excluding carboxylic acids is 1. The minimum Gasteiger partial charge on any atom is -0.302 e. The molecule has 3 rings (SSSR count). The molecule has 1 aliphatic carbocycles. The molecule has 2 heterocycles. The van der Waals surface area contributed by atoms with Crippen LogP contribution in [0.25, 0.3) is 0 Å². The van der Waals surface area contributed by atoms with E-state index in [9.17, 15) is 4.79 Å². The average Bonchev–Trinajstić information content (AvgIpc) is 3.11. The molecule has 0 aliphatic heterocycles.